The van der Waals surface area contributed by atoms with Gasteiger partial charge in [-0.05, 0) is 149 Å². The second kappa shape index (κ2) is 21.6. The maximum absolute atomic E-state index is 13.8. The van der Waals surface area contributed by atoms with Gasteiger partial charge < -0.3 is 37.1 Å². The number of alkyl halides is 6. The van der Waals surface area contributed by atoms with Crippen molar-refractivity contribution in [3.05, 3.63) is 73.2 Å². The van der Waals surface area contributed by atoms with Crippen molar-refractivity contribution in [1.29, 1.82) is 0 Å². The van der Waals surface area contributed by atoms with Gasteiger partial charge in [-0.25, -0.2) is 26.8 Å². The molecule has 3 saturated heterocycles. The van der Waals surface area contributed by atoms with E-state index in [1.807, 2.05) is 83.1 Å². The average molecular weight is 1310 g/mol. The van der Waals surface area contributed by atoms with E-state index >= 15 is 0 Å². The molecule has 0 aromatic carbocycles. The minimum Gasteiger partial charge on any atom is -0.405 e. The topological polar surface area (TPSA) is 229 Å². The van der Waals surface area contributed by atoms with Crippen LogP contribution in [-0.2, 0) is 74.0 Å². The first-order valence-electron chi connectivity index (χ1n) is 27.9. The van der Waals surface area contributed by atoms with Gasteiger partial charge in [-0.2, -0.15) is 26.3 Å². The van der Waals surface area contributed by atoms with Crippen molar-refractivity contribution in [3.8, 4) is 23.0 Å². The van der Waals surface area contributed by atoms with Crippen LogP contribution in [0.2, 0.25) is 0 Å². The molecule has 0 bridgehead atoms. The highest BCUT2D eigenvalue weighted by molar-refractivity contribution is 9.10. The lowest BCUT2D eigenvalue weighted by Crippen LogP contribution is -2.41. The van der Waals surface area contributed by atoms with Gasteiger partial charge in [-0.3, -0.25) is 28.7 Å². The van der Waals surface area contributed by atoms with Crippen molar-refractivity contribution in [1.82, 2.24) is 38.2 Å². The predicted octanol–water partition coefficient (Wildman–Crippen LogP) is 9.20. The summed E-state index contributed by atoms with van der Waals surface area (Å²) in [4.78, 5) is 43.0. The third kappa shape index (κ3) is 11.8. The molecule has 3 aliphatic heterocycles. The molecule has 0 spiro atoms. The van der Waals surface area contributed by atoms with Gasteiger partial charge in [0.2, 0.25) is 0 Å². The first-order valence-corrected chi connectivity index (χ1v) is 32.0. The van der Waals surface area contributed by atoms with Crippen LogP contribution in [0.3, 0.4) is 0 Å². The number of hydrogen-bond donors (Lipinski definition) is 0. The molecule has 9 heterocycles. The summed E-state index contributed by atoms with van der Waals surface area (Å²) in [5.41, 5.74) is -6.71. The third-order valence-corrected chi connectivity index (χ3v) is 21.3. The number of fused-ring (bicyclic) bond motifs is 2. The highest BCUT2D eigenvalue weighted by Crippen LogP contribution is 2.45. The highest BCUT2D eigenvalue weighted by atomic mass is 79.9. The molecule has 466 valence electrons. The Morgan fingerprint density at radius 2 is 0.872 bits per heavy atom. The number of imidazole rings is 2. The first-order chi connectivity index (χ1) is 39.3. The van der Waals surface area contributed by atoms with Crippen LogP contribution in [0.25, 0.3) is 45.1 Å². The normalized spacial score (nSPS) is 20.6. The molecule has 0 amide bonds. The summed E-state index contributed by atoms with van der Waals surface area (Å²) in [6.45, 7) is 26.6. The number of aromatic nitrogens is 8. The van der Waals surface area contributed by atoms with Crippen molar-refractivity contribution >= 4 is 84.3 Å². The Bertz CT molecular complexity index is 3980. The fourth-order valence-electron chi connectivity index (χ4n) is 9.95. The minimum absolute atomic E-state index is 0.00305. The van der Waals surface area contributed by atoms with Crippen molar-refractivity contribution in [2.45, 2.75) is 190 Å². The Morgan fingerprint density at radius 3 is 1.20 bits per heavy atom. The lowest BCUT2D eigenvalue weighted by molar-refractivity contribution is -0.144. The minimum atomic E-state index is -4.76. The quantitative estimate of drug-likeness (QED) is 0.0919. The molecule has 6 aromatic rings. The van der Waals surface area contributed by atoms with E-state index in [4.69, 9.17) is 27.9 Å². The maximum atomic E-state index is 13.8. The number of sulfone groups is 2. The van der Waals surface area contributed by atoms with E-state index in [9.17, 15) is 52.8 Å². The van der Waals surface area contributed by atoms with Gasteiger partial charge in [-0.15, -0.1) is 0 Å². The summed E-state index contributed by atoms with van der Waals surface area (Å²) in [6, 6.07) is 3.40. The standard InChI is InChI=1S/C24H28BF3N4O5S.C18H16BrF3N4O3S.C12H24B2O4/c1-7-38(34,35)16-10-13(25-36-22(2,3)23(4,5)37-25)12-29-18(16)20-30-15-11-17(24(26,27)28)32(14-8-9-14)21(33)19(15)31(20)6;1-3-30(28,29)12-6-9(19)8-23-14(12)16-24-11-7-13(18(20,21)22)26(10-4-5-10)17(27)15(11)25(16)2;1-9(2)10(3,4)16-13(15-9)14-17-11(5,6)12(7,8)18-14/h10-12,14H,7-9H2,1-6H3;6-8,10H,3-5H2,1-2H3;1-8H3. The van der Waals surface area contributed by atoms with Crippen LogP contribution < -0.4 is 16.6 Å². The summed E-state index contributed by atoms with van der Waals surface area (Å²) < 4.78 is 174. The van der Waals surface area contributed by atoms with Gasteiger partial charge >= 0.3 is 33.5 Å². The third-order valence-electron chi connectivity index (χ3n) is 17.4. The maximum Gasteiger partial charge on any atom is 0.496 e. The van der Waals surface area contributed by atoms with E-state index in [1.165, 1.54) is 61.6 Å². The van der Waals surface area contributed by atoms with Crippen LogP contribution in [0, 0.1) is 0 Å². The van der Waals surface area contributed by atoms with E-state index in [0.717, 1.165) is 21.3 Å². The summed E-state index contributed by atoms with van der Waals surface area (Å²) in [5, 5.41) is 0. The Balaban J connectivity index is 0.000000164. The molecule has 0 N–H and O–H groups in total. The van der Waals surface area contributed by atoms with Gasteiger partial charge in [0.1, 0.15) is 33.8 Å². The van der Waals surface area contributed by atoms with Crippen molar-refractivity contribution in [3.63, 3.8) is 0 Å². The smallest absolute Gasteiger partial charge is 0.405 e. The zero-order valence-corrected chi connectivity index (χ0v) is 53.8. The first kappa shape index (κ1) is 65.5. The number of rotatable bonds is 10. The van der Waals surface area contributed by atoms with Gasteiger partial charge in [0.05, 0.1) is 65.9 Å². The molecule has 0 radical (unpaired) electrons. The molecule has 0 atom stereocenters. The van der Waals surface area contributed by atoms with Gasteiger partial charge in [0.25, 0.3) is 11.1 Å². The van der Waals surface area contributed by atoms with E-state index in [0.29, 0.717) is 35.6 Å². The van der Waals surface area contributed by atoms with Gasteiger partial charge in [0.15, 0.2) is 31.3 Å². The SMILES string of the molecule is CC1(C)OB(B2OC(C)(C)C(C)(C)O2)OC1(C)C.CCS(=O)(=O)c1cc(B2OC(C)(C)C(C)(C)O2)cnc1-c1nc2cc(C(F)(F)F)n(C3CC3)c(=O)c2n1C.CCS(=O)(=O)c1cc(Br)cnc1-c1nc2cc(C(F)(F)F)n(C3CC3)c(=O)c2n1C. The van der Waals surface area contributed by atoms with Crippen molar-refractivity contribution < 1.29 is 71.1 Å². The molecule has 6 aromatic heterocycles. The van der Waals surface area contributed by atoms with Crippen LogP contribution in [-0.4, -0.2) is 121 Å². The fourth-order valence-corrected chi connectivity index (χ4v) is 12.6. The Morgan fingerprint density at radius 1 is 0.547 bits per heavy atom. The molecular formula is C54H68B3BrF6N8O12S2. The van der Waals surface area contributed by atoms with E-state index in [1.54, 1.807) is 0 Å². The molecule has 5 fully saturated rings. The molecular weight excluding hydrogens is 1240 g/mol. The monoisotopic (exact) mass is 1310 g/mol. The number of aryl methyl sites for hydroxylation is 2. The Hall–Kier alpha value is -4.95. The summed E-state index contributed by atoms with van der Waals surface area (Å²) in [5.74, 6) is -0.491. The number of pyridine rings is 4. The number of halogens is 7. The van der Waals surface area contributed by atoms with Crippen LogP contribution in [0.5, 0.6) is 0 Å². The average Bonchev–Trinajstić information content (AvgIpc) is 1.58. The lowest BCUT2D eigenvalue weighted by Gasteiger charge is -2.32. The molecule has 5 aliphatic rings. The number of hydrogen-bond acceptors (Lipinski definition) is 16. The summed E-state index contributed by atoms with van der Waals surface area (Å²) in [7, 11) is -6.51. The summed E-state index contributed by atoms with van der Waals surface area (Å²) in [6.07, 6.45) is -4.78. The molecule has 11 rings (SSSR count). The van der Waals surface area contributed by atoms with E-state index in [2.05, 4.69) is 35.9 Å². The van der Waals surface area contributed by atoms with Crippen LogP contribution in [0.4, 0.5) is 26.3 Å². The van der Waals surface area contributed by atoms with E-state index < -0.39 is 99.0 Å². The highest BCUT2D eigenvalue weighted by Gasteiger charge is 2.64. The molecule has 2 aliphatic carbocycles. The predicted molar refractivity (Wildman–Crippen MR) is 314 cm³/mol. The van der Waals surface area contributed by atoms with Crippen molar-refractivity contribution in [2.75, 3.05) is 11.5 Å². The van der Waals surface area contributed by atoms with E-state index in [-0.39, 0.29) is 88.8 Å². The molecule has 2 saturated carbocycles. The van der Waals surface area contributed by atoms with Crippen LogP contribution in [0.15, 0.2) is 60.5 Å². The van der Waals surface area contributed by atoms with Crippen LogP contribution >= 0.6 is 15.9 Å². The van der Waals surface area contributed by atoms with Crippen LogP contribution in [0.1, 0.15) is 146 Å². The second-order valence-electron chi connectivity index (χ2n) is 25.1. The Labute approximate surface area is 503 Å². The van der Waals surface area contributed by atoms with Gasteiger partial charge in [-0.1, -0.05) is 13.8 Å². The molecule has 32 heteroatoms. The zero-order valence-electron chi connectivity index (χ0n) is 50.5. The second-order valence-corrected chi connectivity index (χ2v) is 30.5. The number of nitrogens with zero attached hydrogens (tertiary/aromatic N) is 8. The fraction of sp³-hybridized carbons (Fsp3) is 0.593. The largest absolute Gasteiger partial charge is 0.496 e. The Kier molecular flexibility index (Phi) is 16.5. The zero-order chi connectivity index (χ0) is 64.0. The summed E-state index contributed by atoms with van der Waals surface area (Å²) >= 11 is 3.19. The van der Waals surface area contributed by atoms with Gasteiger partial charge in [0, 0.05) is 48.5 Å². The van der Waals surface area contributed by atoms with Crippen molar-refractivity contribution in [2.24, 2.45) is 14.1 Å². The molecule has 20 nitrogen and oxygen atoms in total. The lowest BCUT2D eigenvalue weighted by atomic mass is 9.49. The molecule has 0 unspecified atom stereocenters. The molecule has 86 heavy (non-hydrogen) atoms.